The minimum atomic E-state index is -1.10. The van der Waals surface area contributed by atoms with Gasteiger partial charge in [-0.2, -0.15) is 11.8 Å². The maximum Gasteiger partial charge on any atom is 0.327 e. The van der Waals surface area contributed by atoms with Gasteiger partial charge in [-0.25, -0.2) is 4.79 Å². The molecule has 0 bridgehead atoms. The van der Waals surface area contributed by atoms with E-state index < -0.39 is 23.2 Å². The standard InChI is InChI=1S/C22H23NO4S2/c1-2-13-28-15-18(21(25)26)23-20(24)19(14-16-9-5-3-6-10-16)29-22(27)17-11-7-4-8-12-17/h2-12,18-19H,1,13-15H2,(H,23,24)(H,25,26)/t18-,19-/m0/s1. The third kappa shape index (κ3) is 7.79. The zero-order chi connectivity index (χ0) is 21.1. The highest BCUT2D eigenvalue weighted by molar-refractivity contribution is 8.15. The van der Waals surface area contributed by atoms with Crippen LogP contribution in [0.2, 0.25) is 0 Å². The Morgan fingerprint density at radius 2 is 1.66 bits per heavy atom. The molecule has 0 spiro atoms. The van der Waals surface area contributed by atoms with Crippen molar-refractivity contribution in [3.8, 4) is 0 Å². The molecule has 5 nitrogen and oxygen atoms in total. The Morgan fingerprint density at radius 1 is 1.03 bits per heavy atom. The number of carbonyl (C=O) groups excluding carboxylic acids is 2. The van der Waals surface area contributed by atoms with E-state index in [0.29, 0.717) is 17.7 Å². The van der Waals surface area contributed by atoms with Crippen molar-refractivity contribution in [3.63, 3.8) is 0 Å². The quantitative estimate of drug-likeness (QED) is 0.419. The first kappa shape index (κ1) is 22.8. The Labute approximate surface area is 179 Å². The minimum Gasteiger partial charge on any atom is -0.480 e. The van der Waals surface area contributed by atoms with E-state index in [1.54, 1.807) is 30.3 Å². The van der Waals surface area contributed by atoms with E-state index >= 15 is 0 Å². The van der Waals surface area contributed by atoms with E-state index in [1.165, 1.54) is 11.8 Å². The van der Waals surface area contributed by atoms with Gasteiger partial charge in [-0.05, 0) is 12.0 Å². The third-order valence-corrected chi connectivity index (χ3v) is 6.11. The van der Waals surface area contributed by atoms with Crippen molar-refractivity contribution in [3.05, 3.63) is 84.4 Å². The zero-order valence-corrected chi connectivity index (χ0v) is 17.5. The number of aliphatic carboxylic acids is 1. The number of hydrogen-bond acceptors (Lipinski definition) is 5. The Morgan fingerprint density at radius 3 is 2.24 bits per heavy atom. The summed E-state index contributed by atoms with van der Waals surface area (Å²) in [6.07, 6.45) is 2.00. The number of thioether (sulfide) groups is 2. The second-order valence-electron chi connectivity index (χ2n) is 6.18. The number of carboxylic acids is 1. The minimum absolute atomic E-state index is 0.225. The number of carbonyl (C=O) groups is 3. The van der Waals surface area contributed by atoms with Crippen molar-refractivity contribution >= 4 is 40.5 Å². The summed E-state index contributed by atoms with van der Waals surface area (Å²) in [5.41, 5.74) is 1.40. The van der Waals surface area contributed by atoms with Crippen LogP contribution in [0.25, 0.3) is 0 Å². The number of nitrogens with one attached hydrogen (secondary N) is 1. The highest BCUT2D eigenvalue weighted by Gasteiger charge is 2.28. The molecule has 0 aromatic heterocycles. The van der Waals surface area contributed by atoms with Gasteiger partial charge in [0.2, 0.25) is 11.0 Å². The van der Waals surface area contributed by atoms with Gasteiger partial charge in [0.1, 0.15) is 6.04 Å². The van der Waals surface area contributed by atoms with Gasteiger partial charge in [0, 0.05) is 17.1 Å². The molecule has 0 heterocycles. The van der Waals surface area contributed by atoms with Crippen LogP contribution in [0.15, 0.2) is 73.3 Å². The number of amides is 1. The molecule has 0 saturated heterocycles. The predicted octanol–water partition coefficient (Wildman–Crippen LogP) is 3.66. The summed E-state index contributed by atoms with van der Waals surface area (Å²) in [4.78, 5) is 37.0. The summed E-state index contributed by atoms with van der Waals surface area (Å²) in [6.45, 7) is 3.60. The number of rotatable bonds is 11. The number of hydrogen-bond donors (Lipinski definition) is 2. The molecule has 0 unspecified atom stereocenters. The van der Waals surface area contributed by atoms with Crippen molar-refractivity contribution in [1.82, 2.24) is 5.32 Å². The normalized spacial score (nSPS) is 12.6. The SMILES string of the molecule is C=CCSC[C@H](NC(=O)[C@H](Cc1ccccc1)SC(=O)c1ccccc1)C(=O)O. The van der Waals surface area contributed by atoms with E-state index in [-0.39, 0.29) is 10.9 Å². The van der Waals surface area contributed by atoms with Crippen LogP contribution in [0, 0.1) is 0 Å². The van der Waals surface area contributed by atoms with E-state index in [4.69, 9.17) is 0 Å². The van der Waals surface area contributed by atoms with Gasteiger partial charge in [0.05, 0.1) is 5.25 Å². The van der Waals surface area contributed by atoms with Gasteiger partial charge in [0.25, 0.3) is 0 Å². The molecule has 0 saturated carbocycles. The largest absolute Gasteiger partial charge is 0.480 e. The lowest BCUT2D eigenvalue weighted by Crippen LogP contribution is -2.47. The molecule has 7 heteroatoms. The smallest absolute Gasteiger partial charge is 0.327 e. The first-order chi connectivity index (χ1) is 14.0. The van der Waals surface area contributed by atoms with Crippen molar-refractivity contribution in [2.75, 3.05) is 11.5 Å². The van der Waals surface area contributed by atoms with Gasteiger partial charge in [-0.3, -0.25) is 9.59 Å². The van der Waals surface area contributed by atoms with Gasteiger partial charge >= 0.3 is 5.97 Å². The Hall–Kier alpha value is -2.51. The molecular formula is C22H23NO4S2. The maximum absolute atomic E-state index is 12.9. The lowest BCUT2D eigenvalue weighted by atomic mass is 10.1. The fourth-order valence-electron chi connectivity index (χ4n) is 2.50. The van der Waals surface area contributed by atoms with Crippen LogP contribution in [0.5, 0.6) is 0 Å². The van der Waals surface area contributed by atoms with Crippen molar-refractivity contribution in [1.29, 1.82) is 0 Å². The third-order valence-electron chi connectivity index (χ3n) is 3.95. The molecule has 0 radical (unpaired) electrons. The lowest BCUT2D eigenvalue weighted by molar-refractivity contribution is -0.141. The monoisotopic (exact) mass is 429 g/mol. The van der Waals surface area contributed by atoms with Gasteiger partial charge < -0.3 is 10.4 Å². The van der Waals surface area contributed by atoms with E-state index in [0.717, 1.165) is 17.3 Å². The molecule has 2 atom stereocenters. The van der Waals surface area contributed by atoms with Crippen molar-refractivity contribution in [2.45, 2.75) is 17.7 Å². The molecule has 0 aliphatic heterocycles. The van der Waals surface area contributed by atoms with Gasteiger partial charge in [-0.15, -0.1) is 6.58 Å². The van der Waals surface area contributed by atoms with Crippen LogP contribution in [0.4, 0.5) is 0 Å². The highest BCUT2D eigenvalue weighted by atomic mass is 32.2. The van der Waals surface area contributed by atoms with Crippen LogP contribution < -0.4 is 5.32 Å². The summed E-state index contributed by atoms with van der Waals surface area (Å²) in [6, 6.07) is 17.0. The Balaban J connectivity index is 2.14. The van der Waals surface area contributed by atoms with Crippen LogP contribution in [-0.4, -0.2) is 44.9 Å². The lowest BCUT2D eigenvalue weighted by Gasteiger charge is -2.19. The molecule has 152 valence electrons. The Bertz CT molecular complexity index is 827. The van der Waals surface area contributed by atoms with E-state index in [1.807, 2.05) is 36.4 Å². The maximum atomic E-state index is 12.9. The predicted molar refractivity (Wildman–Crippen MR) is 119 cm³/mol. The summed E-state index contributed by atoms with van der Waals surface area (Å²) in [5.74, 6) is -0.751. The number of carboxylic acid groups (broad SMARTS) is 1. The second-order valence-corrected chi connectivity index (χ2v) is 8.43. The topological polar surface area (TPSA) is 83.5 Å². The molecule has 0 aliphatic carbocycles. The molecule has 1 amide bonds. The average Bonchev–Trinajstić information content (AvgIpc) is 2.73. The first-order valence-electron chi connectivity index (χ1n) is 9.03. The molecule has 0 aliphatic rings. The molecule has 2 aromatic rings. The van der Waals surface area contributed by atoms with Crippen LogP contribution >= 0.6 is 23.5 Å². The number of benzene rings is 2. The molecular weight excluding hydrogens is 406 g/mol. The van der Waals surface area contributed by atoms with Crippen LogP contribution in [0.3, 0.4) is 0 Å². The summed E-state index contributed by atoms with van der Waals surface area (Å²) >= 11 is 2.29. The summed E-state index contributed by atoms with van der Waals surface area (Å²) in [5, 5.41) is 11.0. The van der Waals surface area contributed by atoms with E-state index in [2.05, 4.69) is 11.9 Å². The molecule has 2 aromatic carbocycles. The molecule has 2 rings (SSSR count). The summed E-state index contributed by atoms with van der Waals surface area (Å²) < 4.78 is 0. The van der Waals surface area contributed by atoms with Crippen molar-refractivity contribution < 1.29 is 19.5 Å². The van der Waals surface area contributed by atoms with E-state index in [9.17, 15) is 19.5 Å². The van der Waals surface area contributed by atoms with Crippen molar-refractivity contribution in [2.24, 2.45) is 0 Å². The highest BCUT2D eigenvalue weighted by Crippen LogP contribution is 2.22. The van der Waals surface area contributed by atoms with Gasteiger partial charge in [-0.1, -0.05) is 78.5 Å². The first-order valence-corrected chi connectivity index (χ1v) is 11.1. The van der Waals surface area contributed by atoms with Crippen LogP contribution in [-0.2, 0) is 16.0 Å². The fraction of sp³-hybridized carbons (Fsp3) is 0.227. The second kappa shape index (κ2) is 12.1. The summed E-state index contributed by atoms with van der Waals surface area (Å²) in [7, 11) is 0. The molecule has 29 heavy (non-hydrogen) atoms. The average molecular weight is 430 g/mol. The fourth-order valence-corrected chi connectivity index (χ4v) is 4.24. The Kier molecular flexibility index (Phi) is 9.53. The zero-order valence-electron chi connectivity index (χ0n) is 15.8. The van der Waals surface area contributed by atoms with Crippen LogP contribution in [0.1, 0.15) is 15.9 Å². The molecule has 2 N–H and O–H groups in total. The molecule has 0 fully saturated rings. The van der Waals surface area contributed by atoms with Gasteiger partial charge in [0.15, 0.2) is 0 Å².